The molecule has 5 nitrogen and oxygen atoms in total. The molecule has 3 heterocycles. The van der Waals surface area contributed by atoms with Gasteiger partial charge in [0.1, 0.15) is 5.82 Å². The third kappa shape index (κ3) is 4.02. The molecule has 1 N–H and O–H groups in total. The maximum Gasteiger partial charge on any atom is 0.193 e. The largest absolute Gasteiger partial charge is 0.351 e. The molecular formula is C22H31N5. The Bertz CT molecular complexity index is 756. The number of benzene rings is 1. The number of aryl methyl sites for hydroxylation is 2. The van der Waals surface area contributed by atoms with Crippen LogP contribution in [0.5, 0.6) is 0 Å². The molecule has 0 bridgehead atoms. The number of nitrogens with one attached hydrogen (secondary N) is 1. The Morgan fingerprint density at radius 1 is 1.22 bits per heavy atom. The SMILES string of the molecule is CN=C(NCc1cn2c(n1)CCCC2)N1CCC(c2ccccc2)C(C)C1. The number of aromatic nitrogens is 2. The summed E-state index contributed by atoms with van der Waals surface area (Å²) in [6, 6.07) is 10.9. The van der Waals surface area contributed by atoms with Crippen molar-refractivity contribution in [3.05, 3.63) is 53.6 Å². The molecular weight excluding hydrogens is 334 g/mol. The summed E-state index contributed by atoms with van der Waals surface area (Å²) in [4.78, 5) is 11.7. The second-order valence-corrected chi connectivity index (χ2v) is 7.93. The first-order valence-corrected chi connectivity index (χ1v) is 10.3. The van der Waals surface area contributed by atoms with Crippen molar-refractivity contribution in [3.8, 4) is 0 Å². The van der Waals surface area contributed by atoms with Crippen molar-refractivity contribution in [1.29, 1.82) is 0 Å². The lowest BCUT2D eigenvalue weighted by Gasteiger charge is -2.38. The number of hydrogen-bond acceptors (Lipinski definition) is 2. The minimum Gasteiger partial charge on any atom is -0.351 e. The van der Waals surface area contributed by atoms with E-state index in [-0.39, 0.29) is 0 Å². The fraction of sp³-hybridized carbons (Fsp3) is 0.545. The van der Waals surface area contributed by atoms with Gasteiger partial charge in [0.2, 0.25) is 0 Å². The van der Waals surface area contributed by atoms with Crippen LogP contribution in [0.2, 0.25) is 0 Å². The third-order valence-corrected chi connectivity index (χ3v) is 6.03. The third-order valence-electron chi connectivity index (χ3n) is 6.03. The zero-order valence-corrected chi connectivity index (χ0v) is 16.6. The molecule has 0 saturated carbocycles. The molecule has 2 aliphatic heterocycles. The van der Waals surface area contributed by atoms with E-state index in [9.17, 15) is 0 Å². The number of aliphatic imine (C=N–C) groups is 1. The van der Waals surface area contributed by atoms with Gasteiger partial charge in [0, 0.05) is 39.3 Å². The molecule has 1 aromatic carbocycles. The molecule has 1 fully saturated rings. The van der Waals surface area contributed by atoms with Crippen molar-refractivity contribution < 1.29 is 0 Å². The van der Waals surface area contributed by atoms with E-state index in [0.717, 1.165) is 44.3 Å². The first kappa shape index (κ1) is 18.1. The van der Waals surface area contributed by atoms with Crippen LogP contribution < -0.4 is 5.32 Å². The van der Waals surface area contributed by atoms with Gasteiger partial charge in [-0.2, -0.15) is 0 Å². The van der Waals surface area contributed by atoms with Crippen LogP contribution in [0.25, 0.3) is 0 Å². The number of guanidine groups is 1. The van der Waals surface area contributed by atoms with E-state index in [1.807, 2.05) is 7.05 Å². The average molecular weight is 366 g/mol. The maximum absolute atomic E-state index is 4.80. The molecule has 2 unspecified atom stereocenters. The number of fused-ring (bicyclic) bond motifs is 1. The molecule has 27 heavy (non-hydrogen) atoms. The van der Waals surface area contributed by atoms with Crippen molar-refractivity contribution in [2.75, 3.05) is 20.1 Å². The molecule has 1 aromatic heterocycles. The van der Waals surface area contributed by atoms with Crippen LogP contribution in [0.3, 0.4) is 0 Å². The smallest absolute Gasteiger partial charge is 0.193 e. The van der Waals surface area contributed by atoms with Crippen molar-refractivity contribution in [2.45, 2.75) is 51.6 Å². The van der Waals surface area contributed by atoms with Crippen LogP contribution in [0.15, 0.2) is 41.5 Å². The van der Waals surface area contributed by atoms with Crippen LogP contribution in [0.1, 0.15) is 49.2 Å². The monoisotopic (exact) mass is 365 g/mol. The van der Waals surface area contributed by atoms with Gasteiger partial charge in [-0.05, 0) is 36.7 Å². The van der Waals surface area contributed by atoms with E-state index in [1.54, 1.807) is 0 Å². The summed E-state index contributed by atoms with van der Waals surface area (Å²) in [5.41, 5.74) is 2.59. The van der Waals surface area contributed by atoms with E-state index in [1.165, 1.54) is 30.7 Å². The fourth-order valence-electron chi connectivity index (χ4n) is 4.59. The quantitative estimate of drug-likeness (QED) is 0.670. The Balaban J connectivity index is 1.35. The van der Waals surface area contributed by atoms with Crippen molar-refractivity contribution in [2.24, 2.45) is 10.9 Å². The molecule has 0 aliphatic carbocycles. The van der Waals surface area contributed by atoms with Crippen LogP contribution in [-0.4, -0.2) is 40.5 Å². The highest BCUT2D eigenvalue weighted by Crippen LogP contribution is 2.32. The number of nitrogens with zero attached hydrogens (tertiary/aromatic N) is 4. The van der Waals surface area contributed by atoms with Crippen LogP contribution >= 0.6 is 0 Å². The number of likely N-dealkylation sites (tertiary alicyclic amines) is 1. The van der Waals surface area contributed by atoms with E-state index in [4.69, 9.17) is 4.98 Å². The molecule has 0 radical (unpaired) electrons. The summed E-state index contributed by atoms with van der Waals surface area (Å²) in [6.45, 7) is 6.31. The predicted octanol–water partition coefficient (Wildman–Crippen LogP) is 3.42. The van der Waals surface area contributed by atoms with E-state index in [2.05, 4.69) is 63.2 Å². The van der Waals surface area contributed by atoms with Crippen LogP contribution in [0, 0.1) is 5.92 Å². The minimum absolute atomic E-state index is 0.611. The van der Waals surface area contributed by atoms with Gasteiger partial charge in [0.05, 0.1) is 12.2 Å². The Morgan fingerprint density at radius 2 is 2.07 bits per heavy atom. The van der Waals surface area contributed by atoms with Gasteiger partial charge in [-0.1, -0.05) is 37.3 Å². The number of piperidine rings is 1. The number of imidazole rings is 1. The highest BCUT2D eigenvalue weighted by molar-refractivity contribution is 5.80. The molecule has 2 aromatic rings. The normalized spacial score (nSPS) is 23.2. The molecule has 0 spiro atoms. The average Bonchev–Trinajstić information content (AvgIpc) is 3.12. The van der Waals surface area contributed by atoms with Gasteiger partial charge in [-0.25, -0.2) is 4.98 Å². The number of rotatable bonds is 3. The lowest BCUT2D eigenvalue weighted by Crippen LogP contribution is -2.47. The zero-order valence-electron chi connectivity index (χ0n) is 16.6. The second-order valence-electron chi connectivity index (χ2n) is 7.93. The Hall–Kier alpha value is -2.30. The summed E-state index contributed by atoms with van der Waals surface area (Å²) in [5, 5.41) is 3.54. The zero-order chi connectivity index (χ0) is 18.6. The molecule has 4 rings (SSSR count). The summed E-state index contributed by atoms with van der Waals surface area (Å²) in [7, 11) is 1.88. The standard InChI is InChI=1S/C22H31N5/c1-17-15-27(13-11-20(17)18-8-4-3-5-9-18)22(23-2)24-14-19-16-26-12-7-6-10-21(26)25-19/h3-5,8-9,16-17,20H,6-7,10-15H2,1-2H3,(H,23,24). The van der Waals surface area contributed by atoms with Crippen molar-refractivity contribution >= 4 is 5.96 Å². The first-order chi connectivity index (χ1) is 13.2. The van der Waals surface area contributed by atoms with Gasteiger partial charge < -0.3 is 14.8 Å². The van der Waals surface area contributed by atoms with Gasteiger partial charge in [-0.15, -0.1) is 0 Å². The lowest BCUT2D eigenvalue weighted by molar-refractivity contribution is 0.234. The van der Waals surface area contributed by atoms with Gasteiger partial charge in [-0.3, -0.25) is 4.99 Å². The summed E-state index contributed by atoms with van der Waals surface area (Å²) < 4.78 is 2.32. The highest BCUT2D eigenvalue weighted by Gasteiger charge is 2.28. The molecule has 1 saturated heterocycles. The molecule has 0 amide bonds. The summed E-state index contributed by atoms with van der Waals surface area (Å²) in [6.07, 6.45) is 7.02. The van der Waals surface area contributed by atoms with Gasteiger partial charge in [0.25, 0.3) is 0 Å². The van der Waals surface area contributed by atoms with Gasteiger partial charge in [0.15, 0.2) is 5.96 Å². The molecule has 2 aliphatic rings. The van der Waals surface area contributed by atoms with E-state index in [0.29, 0.717) is 11.8 Å². The maximum atomic E-state index is 4.80. The first-order valence-electron chi connectivity index (χ1n) is 10.3. The fourth-order valence-corrected chi connectivity index (χ4v) is 4.59. The summed E-state index contributed by atoms with van der Waals surface area (Å²) >= 11 is 0. The molecule has 144 valence electrons. The topological polar surface area (TPSA) is 45.5 Å². The van der Waals surface area contributed by atoms with Crippen molar-refractivity contribution in [1.82, 2.24) is 19.8 Å². The minimum atomic E-state index is 0.611. The van der Waals surface area contributed by atoms with Crippen molar-refractivity contribution in [3.63, 3.8) is 0 Å². The second kappa shape index (κ2) is 8.15. The lowest BCUT2D eigenvalue weighted by atomic mass is 9.82. The van der Waals surface area contributed by atoms with Gasteiger partial charge >= 0.3 is 0 Å². The molecule has 2 atom stereocenters. The van der Waals surface area contributed by atoms with Crippen LogP contribution in [0.4, 0.5) is 0 Å². The Kier molecular flexibility index (Phi) is 5.46. The number of hydrogen-bond donors (Lipinski definition) is 1. The highest BCUT2D eigenvalue weighted by atomic mass is 15.3. The van der Waals surface area contributed by atoms with E-state index >= 15 is 0 Å². The van der Waals surface area contributed by atoms with E-state index < -0.39 is 0 Å². The summed E-state index contributed by atoms with van der Waals surface area (Å²) in [5.74, 6) is 3.49. The predicted molar refractivity (Wildman–Crippen MR) is 110 cm³/mol. The Morgan fingerprint density at radius 3 is 2.81 bits per heavy atom. The molecule has 5 heteroatoms. The van der Waals surface area contributed by atoms with Crippen LogP contribution in [-0.2, 0) is 19.5 Å². The Labute approximate surface area is 162 Å².